The molecule has 3 N–H and O–H groups in total. The number of anilines is 1. The molecule has 1 heterocycles. The summed E-state index contributed by atoms with van der Waals surface area (Å²) in [5.41, 5.74) is 6.04. The summed E-state index contributed by atoms with van der Waals surface area (Å²) in [6, 6.07) is 1.97. The largest absolute Gasteiger partial charge is 0.382 e. The molecule has 1 aromatic heterocycles. The van der Waals surface area contributed by atoms with Crippen molar-refractivity contribution in [1.29, 1.82) is 0 Å². The maximum Gasteiger partial charge on any atom is 0.253 e. The summed E-state index contributed by atoms with van der Waals surface area (Å²) in [4.78, 5) is 16.1. The Bertz CT molecular complexity index is 546. The van der Waals surface area contributed by atoms with E-state index >= 15 is 0 Å². The zero-order chi connectivity index (χ0) is 13.1. The maximum atomic E-state index is 12.2. The van der Waals surface area contributed by atoms with Crippen LogP contribution in [0.15, 0.2) is 12.3 Å². The van der Waals surface area contributed by atoms with Gasteiger partial charge in [-0.15, -0.1) is 0 Å². The van der Waals surface area contributed by atoms with Crippen molar-refractivity contribution in [2.24, 2.45) is 23.7 Å². The minimum atomic E-state index is -0.0757. The first kappa shape index (κ1) is 11.5. The van der Waals surface area contributed by atoms with Gasteiger partial charge in [-0.25, -0.2) is 4.98 Å². The molecule has 19 heavy (non-hydrogen) atoms. The normalized spacial score (nSPS) is 38.1. The molecule has 0 aromatic carbocycles. The average molecular weight is 278 g/mol. The fourth-order valence-corrected chi connectivity index (χ4v) is 4.49. The molecule has 5 heteroatoms. The van der Waals surface area contributed by atoms with E-state index in [4.69, 9.17) is 17.3 Å². The van der Waals surface area contributed by atoms with Gasteiger partial charge in [-0.2, -0.15) is 0 Å². The Hall–Kier alpha value is -1.29. The number of carbonyl (C=O) groups is 1. The van der Waals surface area contributed by atoms with Crippen LogP contribution in [-0.4, -0.2) is 16.9 Å². The van der Waals surface area contributed by atoms with Gasteiger partial charge >= 0.3 is 0 Å². The number of aromatic nitrogens is 1. The Morgan fingerprint density at radius 2 is 2.05 bits per heavy atom. The van der Waals surface area contributed by atoms with Gasteiger partial charge in [0.25, 0.3) is 5.91 Å². The van der Waals surface area contributed by atoms with Crippen molar-refractivity contribution in [3.8, 4) is 0 Å². The number of carbonyl (C=O) groups excluding carboxylic acids is 1. The first-order valence-corrected chi connectivity index (χ1v) is 7.25. The van der Waals surface area contributed by atoms with Gasteiger partial charge in [0.2, 0.25) is 0 Å². The molecule has 0 aliphatic heterocycles. The fourth-order valence-electron chi connectivity index (χ4n) is 4.33. The van der Waals surface area contributed by atoms with Crippen molar-refractivity contribution >= 4 is 23.3 Å². The standard InChI is InChI=1S/C14H16ClN3O/c15-9-4-8(5-17-13(9)16)14(19)18-12-10-6-1-2-7(3-6)11(10)12/h4-7,10-12H,1-3H2,(H2,16,17)(H,18,19). The molecule has 4 rings (SSSR count). The molecular formula is C14H16ClN3O. The lowest BCUT2D eigenvalue weighted by Gasteiger charge is -2.10. The number of amides is 1. The van der Waals surface area contributed by atoms with E-state index in [9.17, 15) is 4.79 Å². The molecule has 100 valence electrons. The van der Waals surface area contributed by atoms with Crippen LogP contribution in [0.1, 0.15) is 29.6 Å². The zero-order valence-electron chi connectivity index (χ0n) is 10.5. The molecule has 4 nitrogen and oxygen atoms in total. The van der Waals surface area contributed by atoms with Crippen LogP contribution in [0.5, 0.6) is 0 Å². The molecule has 4 atom stereocenters. The number of nitrogens with two attached hydrogens (primary N) is 1. The van der Waals surface area contributed by atoms with Crippen LogP contribution in [0.25, 0.3) is 0 Å². The molecule has 3 aliphatic rings. The molecule has 3 saturated carbocycles. The van der Waals surface area contributed by atoms with E-state index < -0.39 is 0 Å². The number of nitrogens with one attached hydrogen (secondary N) is 1. The van der Waals surface area contributed by atoms with E-state index in [0.29, 0.717) is 16.6 Å². The van der Waals surface area contributed by atoms with Crippen molar-refractivity contribution in [3.63, 3.8) is 0 Å². The maximum absolute atomic E-state index is 12.2. The van der Waals surface area contributed by atoms with E-state index in [-0.39, 0.29) is 11.7 Å². The van der Waals surface area contributed by atoms with Gasteiger partial charge in [-0.3, -0.25) is 4.79 Å². The second-order valence-corrected chi connectivity index (χ2v) is 6.49. The fraction of sp³-hybridized carbons (Fsp3) is 0.571. The average Bonchev–Trinajstić information content (AvgIpc) is 2.81. The minimum absolute atomic E-state index is 0.0757. The van der Waals surface area contributed by atoms with Gasteiger partial charge in [0.05, 0.1) is 10.6 Å². The monoisotopic (exact) mass is 277 g/mol. The number of nitrogens with zero attached hydrogens (tertiary/aromatic N) is 1. The lowest BCUT2D eigenvalue weighted by atomic mass is 10.0. The summed E-state index contributed by atoms with van der Waals surface area (Å²) in [7, 11) is 0. The smallest absolute Gasteiger partial charge is 0.253 e. The third kappa shape index (κ3) is 1.66. The highest BCUT2D eigenvalue weighted by Crippen LogP contribution is 2.65. The molecule has 4 unspecified atom stereocenters. The predicted octanol–water partition coefficient (Wildman–Crippen LogP) is 2.09. The van der Waals surface area contributed by atoms with Gasteiger partial charge in [0.15, 0.2) is 0 Å². The SMILES string of the molecule is Nc1ncc(C(=O)NC2C3C4CCC(C4)C23)cc1Cl. The van der Waals surface area contributed by atoms with Gasteiger partial charge in [0.1, 0.15) is 5.82 Å². The van der Waals surface area contributed by atoms with Crippen molar-refractivity contribution in [2.45, 2.75) is 25.3 Å². The molecule has 0 radical (unpaired) electrons. The van der Waals surface area contributed by atoms with Crippen molar-refractivity contribution in [3.05, 3.63) is 22.8 Å². The Balaban J connectivity index is 1.46. The molecule has 0 spiro atoms. The first-order chi connectivity index (χ1) is 9.15. The Kier molecular flexibility index (Phi) is 2.34. The highest BCUT2D eigenvalue weighted by atomic mass is 35.5. The Morgan fingerprint density at radius 1 is 1.37 bits per heavy atom. The highest BCUT2D eigenvalue weighted by molar-refractivity contribution is 6.33. The van der Waals surface area contributed by atoms with Crippen LogP contribution in [-0.2, 0) is 0 Å². The number of rotatable bonds is 2. The molecule has 3 fully saturated rings. The quantitative estimate of drug-likeness (QED) is 0.870. The third-order valence-corrected chi connectivity index (χ3v) is 5.47. The molecule has 2 bridgehead atoms. The van der Waals surface area contributed by atoms with Crippen LogP contribution in [0.3, 0.4) is 0 Å². The van der Waals surface area contributed by atoms with E-state index in [1.54, 1.807) is 6.07 Å². The van der Waals surface area contributed by atoms with E-state index in [0.717, 1.165) is 23.7 Å². The van der Waals surface area contributed by atoms with Crippen LogP contribution in [0.4, 0.5) is 5.82 Å². The first-order valence-electron chi connectivity index (χ1n) is 6.87. The highest BCUT2D eigenvalue weighted by Gasteiger charge is 2.65. The molecular weight excluding hydrogens is 262 g/mol. The number of fused-ring (bicyclic) bond motifs is 5. The number of halogens is 1. The number of nitrogen functional groups attached to an aromatic ring is 1. The van der Waals surface area contributed by atoms with Gasteiger partial charge in [-0.05, 0) is 49.0 Å². The van der Waals surface area contributed by atoms with Crippen molar-refractivity contribution in [2.75, 3.05) is 5.73 Å². The summed E-state index contributed by atoms with van der Waals surface area (Å²) >= 11 is 5.89. The zero-order valence-corrected chi connectivity index (χ0v) is 11.2. The van der Waals surface area contributed by atoms with Crippen LogP contribution in [0.2, 0.25) is 5.02 Å². The van der Waals surface area contributed by atoms with E-state index in [1.807, 2.05) is 0 Å². The lowest BCUT2D eigenvalue weighted by Crippen LogP contribution is -2.30. The topological polar surface area (TPSA) is 68.0 Å². The second-order valence-electron chi connectivity index (χ2n) is 6.08. The van der Waals surface area contributed by atoms with Gasteiger partial charge < -0.3 is 11.1 Å². The predicted molar refractivity (Wildman–Crippen MR) is 72.7 cm³/mol. The number of hydrogen-bond acceptors (Lipinski definition) is 3. The summed E-state index contributed by atoms with van der Waals surface area (Å²) in [6.45, 7) is 0. The number of hydrogen-bond donors (Lipinski definition) is 2. The summed E-state index contributed by atoms with van der Waals surface area (Å²) in [6.07, 6.45) is 5.58. The van der Waals surface area contributed by atoms with Crippen molar-refractivity contribution in [1.82, 2.24) is 10.3 Å². The third-order valence-electron chi connectivity index (χ3n) is 5.16. The summed E-state index contributed by atoms with van der Waals surface area (Å²) in [5, 5.41) is 3.48. The molecule has 1 amide bonds. The lowest BCUT2D eigenvalue weighted by molar-refractivity contribution is 0.0944. The molecule has 0 saturated heterocycles. The van der Waals surface area contributed by atoms with Crippen molar-refractivity contribution < 1.29 is 4.79 Å². The second kappa shape index (κ2) is 3.85. The van der Waals surface area contributed by atoms with Gasteiger partial charge in [-0.1, -0.05) is 11.6 Å². The molecule has 3 aliphatic carbocycles. The van der Waals surface area contributed by atoms with Crippen LogP contribution < -0.4 is 11.1 Å². The van der Waals surface area contributed by atoms with Gasteiger partial charge in [0, 0.05) is 12.2 Å². The summed E-state index contributed by atoms with van der Waals surface area (Å²) < 4.78 is 0. The Morgan fingerprint density at radius 3 is 2.68 bits per heavy atom. The number of pyridine rings is 1. The van der Waals surface area contributed by atoms with Crippen LogP contribution in [0, 0.1) is 23.7 Å². The Labute approximate surface area is 116 Å². The molecule has 1 aromatic rings. The minimum Gasteiger partial charge on any atom is -0.382 e. The van der Waals surface area contributed by atoms with Crippen LogP contribution >= 0.6 is 11.6 Å². The van der Waals surface area contributed by atoms with E-state index in [2.05, 4.69) is 10.3 Å². The van der Waals surface area contributed by atoms with E-state index in [1.165, 1.54) is 25.5 Å². The summed E-state index contributed by atoms with van der Waals surface area (Å²) in [5.74, 6) is 3.37.